The lowest BCUT2D eigenvalue weighted by Gasteiger charge is -2.28. The Morgan fingerprint density at radius 2 is 2.11 bits per heavy atom. The zero-order valence-electron chi connectivity index (χ0n) is 11.4. The number of halogens is 2. The van der Waals surface area contributed by atoms with Gasteiger partial charge in [0, 0.05) is 24.5 Å². The molecule has 1 saturated carbocycles. The molecule has 0 atom stereocenters. The number of hydrogen-bond donors (Lipinski definition) is 0. The van der Waals surface area contributed by atoms with Crippen molar-refractivity contribution in [3.63, 3.8) is 0 Å². The van der Waals surface area contributed by atoms with E-state index in [9.17, 15) is 4.39 Å². The van der Waals surface area contributed by atoms with Gasteiger partial charge in [0.1, 0.15) is 0 Å². The van der Waals surface area contributed by atoms with Crippen molar-refractivity contribution in [1.29, 1.82) is 0 Å². The summed E-state index contributed by atoms with van der Waals surface area (Å²) in [6, 6.07) is 5.92. The molecule has 1 fully saturated rings. The van der Waals surface area contributed by atoms with Crippen LogP contribution in [0.5, 0.6) is 5.75 Å². The van der Waals surface area contributed by atoms with Crippen LogP contribution in [0.3, 0.4) is 0 Å². The molecule has 0 saturated heterocycles. The lowest BCUT2D eigenvalue weighted by molar-refractivity contribution is 0.202. The zero-order valence-corrected chi connectivity index (χ0v) is 13.0. The number of hydrogen-bond acceptors (Lipinski definition) is 2. The first kappa shape index (κ1) is 14.8. The average Bonchev–Trinajstić information content (AvgIpc) is 2.92. The van der Waals surface area contributed by atoms with E-state index in [1.807, 2.05) is 6.07 Å². The smallest absolute Gasteiger partial charge is 0.165 e. The van der Waals surface area contributed by atoms with Gasteiger partial charge in [-0.15, -0.1) is 0 Å². The monoisotopic (exact) mass is 329 g/mol. The summed E-state index contributed by atoms with van der Waals surface area (Å²) in [5, 5.41) is 0.960. The van der Waals surface area contributed by atoms with E-state index < -0.39 is 0 Å². The van der Waals surface area contributed by atoms with Crippen LogP contribution in [-0.4, -0.2) is 29.9 Å². The molecule has 1 aromatic carbocycles. The van der Waals surface area contributed by atoms with Crippen LogP contribution in [0.25, 0.3) is 0 Å². The van der Waals surface area contributed by atoms with Gasteiger partial charge in [-0.25, -0.2) is 4.39 Å². The first-order valence-electron chi connectivity index (χ1n) is 6.87. The lowest BCUT2D eigenvalue weighted by Crippen LogP contribution is -2.34. The fourth-order valence-corrected chi connectivity index (χ4v) is 3.27. The highest BCUT2D eigenvalue weighted by Crippen LogP contribution is 2.26. The third kappa shape index (κ3) is 3.93. The maximum Gasteiger partial charge on any atom is 0.165 e. The Morgan fingerprint density at radius 3 is 2.68 bits per heavy atom. The van der Waals surface area contributed by atoms with Crippen molar-refractivity contribution in [3.8, 4) is 5.75 Å². The molecule has 0 heterocycles. The Hall–Kier alpha value is -0.610. The summed E-state index contributed by atoms with van der Waals surface area (Å²) in [6.07, 6.45) is 5.18. The van der Waals surface area contributed by atoms with Gasteiger partial charge in [-0.3, -0.25) is 4.90 Å². The molecule has 0 unspecified atom stereocenters. The first-order valence-corrected chi connectivity index (χ1v) is 7.99. The van der Waals surface area contributed by atoms with Gasteiger partial charge in [-0.2, -0.15) is 0 Å². The first-order chi connectivity index (χ1) is 9.24. The second-order valence-corrected chi connectivity index (χ2v) is 5.86. The molecule has 2 nitrogen and oxygen atoms in total. The van der Waals surface area contributed by atoms with Gasteiger partial charge >= 0.3 is 0 Å². The molecule has 1 aliphatic carbocycles. The molecule has 2 rings (SSSR count). The van der Waals surface area contributed by atoms with E-state index >= 15 is 0 Å². The van der Waals surface area contributed by atoms with Gasteiger partial charge < -0.3 is 4.74 Å². The van der Waals surface area contributed by atoms with Crippen LogP contribution in [0.15, 0.2) is 18.2 Å². The van der Waals surface area contributed by atoms with Gasteiger partial charge in [-0.1, -0.05) is 34.8 Å². The summed E-state index contributed by atoms with van der Waals surface area (Å²) < 4.78 is 18.7. The van der Waals surface area contributed by atoms with Gasteiger partial charge in [0.25, 0.3) is 0 Å². The fourth-order valence-electron chi connectivity index (χ4n) is 2.81. The molecule has 0 N–H and O–H groups in total. The van der Waals surface area contributed by atoms with E-state index in [4.69, 9.17) is 4.74 Å². The van der Waals surface area contributed by atoms with Crippen molar-refractivity contribution in [3.05, 3.63) is 29.6 Å². The number of benzene rings is 1. The minimum absolute atomic E-state index is 0.273. The van der Waals surface area contributed by atoms with Crippen LogP contribution >= 0.6 is 15.9 Å². The van der Waals surface area contributed by atoms with E-state index in [2.05, 4.69) is 20.8 Å². The number of methoxy groups -OCH3 is 1. The van der Waals surface area contributed by atoms with Crippen molar-refractivity contribution in [2.45, 2.75) is 38.3 Å². The standard InChI is InChI=1S/C15H21BrFNO/c1-19-15-7-6-12(10-14(15)17)11-18(9-8-16)13-4-2-3-5-13/h6-7,10,13H,2-5,8-9,11H2,1H3. The normalized spacial score (nSPS) is 16.2. The molecular formula is C15H21BrFNO. The van der Waals surface area contributed by atoms with Crippen LogP contribution in [0.2, 0.25) is 0 Å². The predicted octanol–water partition coefficient (Wildman–Crippen LogP) is 3.97. The quantitative estimate of drug-likeness (QED) is 0.732. The summed E-state index contributed by atoms with van der Waals surface area (Å²) in [5.41, 5.74) is 1.02. The van der Waals surface area contributed by atoms with Crippen LogP contribution in [0.4, 0.5) is 4.39 Å². The Balaban J connectivity index is 2.05. The summed E-state index contributed by atoms with van der Waals surface area (Å²) in [4.78, 5) is 2.46. The van der Waals surface area contributed by atoms with Crippen molar-refractivity contribution >= 4 is 15.9 Å². The van der Waals surface area contributed by atoms with Crippen molar-refractivity contribution < 1.29 is 9.13 Å². The maximum absolute atomic E-state index is 13.7. The van der Waals surface area contributed by atoms with Gasteiger partial charge in [0.2, 0.25) is 0 Å². The van der Waals surface area contributed by atoms with E-state index in [1.165, 1.54) is 32.8 Å². The average molecular weight is 330 g/mol. The molecule has 0 bridgehead atoms. The molecule has 0 spiro atoms. The zero-order chi connectivity index (χ0) is 13.7. The summed E-state index contributed by atoms with van der Waals surface area (Å²) in [5.74, 6) is 0.0434. The molecule has 1 aliphatic rings. The lowest BCUT2D eigenvalue weighted by atomic mass is 10.1. The molecule has 1 aromatic rings. The van der Waals surface area contributed by atoms with E-state index in [1.54, 1.807) is 12.1 Å². The molecule has 0 aliphatic heterocycles. The molecule has 4 heteroatoms. The largest absolute Gasteiger partial charge is 0.494 e. The van der Waals surface area contributed by atoms with E-state index in [-0.39, 0.29) is 5.82 Å². The Morgan fingerprint density at radius 1 is 1.37 bits per heavy atom. The second-order valence-electron chi connectivity index (χ2n) is 5.07. The van der Waals surface area contributed by atoms with Gasteiger partial charge in [-0.05, 0) is 30.5 Å². The highest BCUT2D eigenvalue weighted by atomic mass is 79.9. The van der Waals surface area contributed by atoms with Crippen molar-refractivity contribution in [2.24, 2.45) is 0 Å². The Bertz CT molecular complexity index is 407. The molecule has 0 radical (unpaired) electrons. The molecule has 106 valence electrons. The minimum atomic E-state index is -0.273. The van der Waals surface area contributed by atoms with Crippen LogP contribution in [0.1, 0.15) is 31.2 Å². The van der Waals surface area contributed by atoms with Crippen LogP contribution in [0, 0.1) is 5.82 Å². The molecular weight excluding hydrogens is 309 g/mol. The maximum atomic E-state index is 13.7. The van der Waals surface area contributed by atoms with Crippen molar-refractivity contribution in [2.75, 3.05) is 19.0 Å². The second kappa shape index (κ2) is 7.25. The van der Waals surface area contributed by atoms with E-state index in [0.717, 1.165) is 24.0 Å². The Kier molecular flexibility index (Phi) is 5.64. The van der Waals surface area contributed by atoms with Gasteiger partial charge in [0.15, 0.2) is 11.6 Å². The number of nitrogens with zero attached hydrogens (tertiary/aromatic N) is 1. The summed E-state index contributed by atoms with van der Waals surface area (Å²) in [7, 11) is 1.49. The Labute approximate surface area is 123 Å². The third-order valence-electron chi connectivity index (χ3n) is 3.81. The number of alkyl halides is 1. The molecule has 0 amide bonds. The van der Waals surface area contributed by atoms with Crippen LogP contribution < -0.4 is 4.74 Å². The number of ether oxygens (including phenoxy) is 1. The predicted molar refractivity (Wildman–Crippen MR) is 79.4 cm³/mol. The summed E-state index contributed by atoms with van der Waals surface area (Å²) in [6.45, 7) is 1.83. The SMILES string of the molecule is COc1ccc(CN(CCBr)C2CCCC2)cc1F. The number of rotatable bonds is 6. The molecule has 0 aromatic heterocycles. The third-order valence-corrected chi connectivity index (χ3v) is 4.17. The van der Waals surface area contributed by atoms with Crippen molar-refractivity contribution in [1.82, 2.24) is 4.90 Å². The molecule has 19 heavy (non-hydrogen) atoms. The fraction of sp³-hybridized carbons (Fsp3) is 0.600. The van der Waals surface area contributed by atoms with Crippen LogP contribution in [-0.2, 0) is 6.54 Å². The van der Waals surface area contributed by atoms with E-state index in [0.29, 0.717) is 11.8 Å². The minimum Gasteiger partial charge on any atom is -0.494 e. The van der Waals surface area contributed by atoms with Gasteiger partial charge in [0.05, 0.1) is 7.11 Å². The topological polar surface area (TPSA) is 12.5 Å². The highest BCUT2D eigenvalue weighted by Gasteiger charge is 2.22. The summed E-state index contributed by atoms with van der Waals surface area (Å²) >= 11 is 3.51. The highest BCUT2D eigenvalue weighted by molar-refractivity contribution is 9.09.